The molecule has 1 atom stereocenters. The van der Waals surface area contributed by atoms with Gasteiger partial charge in [-0.3, -0.25) is 4.79 Å². The predicted molar refractivity (Wildman–Crippen MR) is 87.8 cm³/mol. The number of hydrogen-bond donors (Lipinski definition) is 1. The number of alkyl halides is 1. The summed E-state index contributed by atoms with van der Waals surface area (Å²) >= 11 is 12.2. The molecular formula is C17H17Cl2NO. The summed E-state index contributed by atoms with van der Waals surface area (Å²) in [5, 5.41) is 3.60. The highest BCUT2D eigenvalue weighted by Gasteiger charge is 2.27. The first-order chi connectivity index (χ1) is 10.0. The van der Waals surface area contributed by atoms with Gasteiger partial charge in [0.15, 0.2) is 0 Å². The maximum Gasteiger partial charge on any atom is 0.225 e. The van der Waals surface area contributed by atoms with Crippen molar-refractivity contribution in [3.63, 3.8) is 0 Å². The number of amides is 1. The minimum Gasteiger partial charge on any atom is -0.345 e. The van der Waals surface area contributed by atoms with Crippen LogP contribution in [0.3, 0.4) is 0 Å². The van der Waals surface area contributed by atoms with Gasteiger partial charge in [0.2, 0.25) is 5.91 Å². The Bertz CT molecular complexity index is 615. The average molecular weight is 322 g/mol. The lowest BCUT2D eigenvalue weighted by Gasteiger charge is -2.29. The van der Waals surface area contributed by atoms with Crippen LogP contribution in [0.15, 0.2) is 54.6 Å². The fourth-order valence-electron chi connectivity index (χ4n) is 2.16. The molecule has 2 aromatic rings. The fraction of sp³-hybridized carbons (Fsp3) is 0.235. The fourth-order valence-corrected chi connectivity index (χ4v) is 2.58. The summed E-state index contributed by atoms with van der Waals surface area (Å²) in [4.78, 5) is 12.3. The Labute approximate surface area is 135 Å². The Morgan fingerprint density at radius 2 is 1.71 bits per heavy atom. The lowest BCUT2D eigenvalue weighted by atomic mass is 9.93. The van der Waals surface area contributed by atoms with Gasteiger partial charge in [0, 0.05) is 10.9 Å². The topological polar surface area (TPSA) is 29.1 Å². The normalized spacial score (nSPS) is 13.5. The molecule has 0 heterocycles. The minimum absolute atomic E-state index is 0.102. The number of rotatable bonds is 5. The van der Waals surface area contributed by atoms with Gasteiger partial charge in [0.05, 0.1) is 12.0 Å². The largest absolute Gasteiger partial charge is 0.345 e. The molecule has 0 aliphatic rings. The zero-order valence-electron chi connectivity index (χ0n) is 11.8. The molecule has 1 amide bonds. The number of halogens is 2. The van der Waals surface area contributed by atoms with E-state index in [1.54, 1.807) is 6.07 Å². The molecule has 0 saturated heterocycles. The lowest BCUT2D eigenvalue weighted by Crippen LogP contribution is -2.45. The van der Waals surface area contributed by atoms with Gasteiger partial charge >= 0.3 is 0 Å². The van der Waals surface area contributed by atoms with Gasteiger partial charge < -0.3 is 5.32 Å². The van der Waals surface area contributed by atoms with Gasteiger partial charge in [0.1, 0.15) is 0 Å². The number of nitrogens with one attached hydrogen (secondary N) is 1. The second kappa shape index (κ2) is 6.97. The van der Waals surface area contributed by atoms with Crippen LogP contribution in [0.1, 0.15) is 18.1 Å². The summed E-state index contributed by atoms with van der Waals surface area (Å²) < 4.78 is 0. The van der Waals surface area contributed by atoms with E-state index in [2.05, 4.69) is 5.32 Å². The molecule has 2 rings (SSSR count). The molecule has 4 heteroatoms. The van der Waals surface area contributed by atoms with E-state index in [1.165, 1.54) is 0 Å². The van der Waals surface area contributed by atoms with Crippen molar-refractivity contribution in [3.8, 4) is 0 Å². The minimum atomic E-state index is -0.596. The van der Waals surface area contributed by atoms with Crippen molar-refractivity contribution in [2.24, 2.45) is 0 Å². The summed E-state index contributed by atoms with van der Waals surface area (Å²) in [7, 11) is 0. The van der Waals surface area contributed by atoms with Crippen LogP contribution in [-0.4, -0.2) is 11.8 Å². The third-order valence-electron chi connectivity index (χ3n) is 3.40. The third-order valence-corrected chi connectivity index (χ3v) is 4.31. The number of carbonyl (C=O) groups is 1. The molecule has 2 nitrogen and oxygen atoms in total. The van der Waals surface area contributed by atoms with Crippen LogP contribution in [0.4, 0.5) is 0 Å². The van der Waals surface area contributed by atoms with Crippen LogP contribution in [0.5, 0.6) is 0 Å². The molecule has 0 radical (unpaired) electrons. The van der Waals surface area contributed by atoms with E-state index >= 15 is 0 Å². The Kier molecular flexibility index (Phi) is 5.27. The molecule has 0 aliphatic carbocycles. The SMILES string of the molecule is CC(CCl)(NC(=O)Cc1ccccc1Cl)c1ccccc1. The monoisotopic (exact) mass is 321 g/mol. The highest BCUT2D eigenvalue weighted by atomic mass is 35.5. The number of carbonyl (C=O) groups excluding carboxylic acids is 1. The zero-order valence-corrected chi connectivity index (χ0v) is 13.3. The van der Waals surface area contributed by atoms with Crippen LogP contribution >= 0.6 is 23.2 Å². The van der Waals surface area contributed by atoms with E-state index < -0.39 is 5.54 Å². The second-order valence-electron chi connectivity index (χ2n) is 5.15. The first-order valence-corrected chi connectivity index (χ1v) is 7.62. The predicted octanol–water partition coefficient (Wildman–Crippen LogP) is 4.15. The Hall–Kier alpha value is -1.51. The standard InChI is InChI=1S/C17H17Cl2NO/c1-17(12-18,14-8-3-2-4-9-14)20-16(21)11-13-7-5-6-10-15(13)19/h2-10H,11-12H2,1H3,(H,20,21). The Balaban J connectivity index is 2.12. The van der Waals surface area contributed by atoms with Crippen molar-refractivity contribution in [1.82, 2.24) is 5.32 Å². The highest BCUT2D eigenvalue weighted by molar-refractivity contribution is 6.31. The van der Waals surface area contributed by atoms with Crippen LogP contribution in [-0.2, 0) is 16.8 Å². The van der Waals surface area contributed by atoms with E-state index in [4.69, 9.17) is 23.2 Å². The van der Waals surface area contributed by atoms with Gasteiger partial charge in [-0.05, 0) is 24.1 Å². The van der Waals surface area contributed by atoms with Crippen molar-refractivity contribution >= 4 is 29.1 Å². The smallest absolute Gasteiger partial charge is 0.225 e. The summed E-state index contributed by atoms with van der Waals surface area (Å²) in [6.07, 6.45) is 0.235. The molecular weight excluding hydrogens is 305 g/mol. The van der Waals surface area contributed by atoms with Crippen molar-refractivity contribution in [2.75, 3.05) is 5.88 Å². The van der Waals surface area contributed by atoms with Crippen LogP contribution in [0.25, 0.3) is 0 Å². The first-order valence-electron chi connectivity index (χ1n) is 6.71. The molecule has 0 fully saturated rings. The van der Waals surface area contributed by atoms with Gasteiger partial charge in [-0.1, -0.05) is 60.1 Å². The van der Waals surface area contributed by atoms with Crippen LogP contribution < -0.4 is 5.32 Å². The quantitative estimate of drug-likeness (QED) is 0.823. The molecule has 0 saturated carbocycles. The molecule has 0 spiro atoms. The average Bonchev–Trinajstić information content (AvgIpc) is 2.50. The Morgan fingerprint density at radius 1 is 1.10 bits per heavy atom. The van der Waals surface area contributed by atoms with Gasteiger partial charge in [0.25, 0.3) is 0 Å². The van der Waals surface area contributed by atoms with Crippen molar-refractivity contribution < 1.29 is 4.79 Å². The summed E-state index contributed by atoms with van der Waals surface area (Å²) in [6, 6.07) is 17.0. The van der Waals surface area contributed by atoms with Crippen LogP contribution in [0, 0.1) is 0 Å². The van der Waals surface area contributed by atoms with E-state index in [-0.39, 0.29) is 12.3 Å². The maximum atomic E-state index is 12.3. The van der Waals surface area contributed by atoms with Crippen molar-refractivity contribution in [2.45, 2.75) is 18.9 Å². The zero-order chi connectivity index (χ0) is 15.3. The Morgan fingerprint density at radius 3 is 2.33 bits per heavy atom. The lowest BCUT2D eigenvalue weighted by molar-refractivity contribution is -0.122. The first kappa shape index (κ1) is 15.9. The van der Waals surface area contributed by atoms with E-state index in [0.29, 0.717) is 10.9 Å². The molecule has 0 aromatic heterocycles. The molecule has 2 aromatic carbocycles. The van der Waals surface area contributed by atoms with Crippen molar-refractivity contribution in [3.05, 3.63) is 70.7 Å². The number of hydrogen-bond acceptors (Lipinski definition) is 1. The van der Waals surface area contributed by atoms with Crippen LogP contribution in [0.2, 0.25) is 5.02 Å². The summed E-state index contributed by atoms with van der Waals surface area (Å²) in [5.74, 6) is 0.195. The van der Waals surface area contributed by atoms with E-state index in [9.17, 15) is 4.79 Å². The highest BCUT2D eigenvalue weighted by Crippen LogP contribution is 2.23. The summed E-state index contributed by atoms with van der Waals surface area (Å²) in [5.41, 5.74) is 1.19. The molecule has 21 heavy (non-hydrogen) atoms. The van der Waals surface area contributed by atoms with Gasteiger partial charge in [-0.25, -0.2) is 0 Å². The number of benzene rings is 2. The molecule has 110 valence electrons. The third kappa shape index (κ3) is 3.99. The molecule has 0 bridgehead atoms. The summed E-state index contributed by atoms with van der Waals surface area (Å²) in [6.45, 7) is 1.92. The van der Waals surface area contributed by atoms with E-state index in [1.807, 2.05) is 55.5 Å². The second-order valence-corrected chi connectivity index (χ2v) is 5.82. The van der Waals surface area contributed by atoms with Gasteiger partial charge in [-0.2, -0.15) is 0 Å². The van der Waals surface area contributed by atoms with Gasteiger partial charge in [-0.15, -0.1) is 11.6 Å². The van der Waals surface area contributed by atoms with E-state index in [0.717, 1.165) is 11.1 Å². The maximum absolute atomic E-state index is 12.3. The molecule has 0 aliphatic heterocycles. The molecule has 1 unspecified atom stereocenters. The molecule has 1 N–H and O–H groups in total. The van der Waals surface area contributed by atoms with Crippen molar-refractivity contribution in [1.29, 1.82) is 0 Å².